The van der Waals surface area contributed by atoms with Gasteiger partial charge in [0.05, 0.1) is 11.7 Å². The smallest absolute Gasteiger partial charge is 0.0602 e. The molecule has 0 unspecified atom stereocenters. The van der Waals surface area contributed by atoms with E-state index in [2.05, 4.69) is 70.1 Å². The molecule has 1 N–H and O–H groups in total. The highest BCUT2D eigenvalue weighted by atomic mass is 16.5. The van der Waals surface area contributed by atoms with Crippen LogP contribution < -0.4 is 0 Å². The summed E-state index contributed by atoms with van der Waals surface area (Å²) in [4.78, 5) is 3.38. The van der Waals surface area contributed by atoms with Gasteiger partial charge in [0.1, 0.15) is 0 Å². The molecule has 0 aliphatic heterocycles. The number of hydrogen-bond acceptors (Lipinski definition) is 1. The van der Waals surface area contributed by atoms with Gasteiger partial charge in [-0.25, -0.2) is 0 Å². The molecule has 2 aromatic rings. The first-order chi connectivity index (χ1) is 15.7. The van der Waals surface area contributed by atoms with Gasteiger partial charge >= 0.3 is 0 Å². The quantitative estimate of drug-likeness (QED) is 0.490. The molecule has 33 heavy (non-hydrogen) atoms. The first-order valence-corrected chi connectivity index (χ1v) is 13.9. The molecule has 1 aromatic carbocycles. The summed E-state index contributed by atoms with van der Waals surface area (Å²) in [5.41, 5.74) is 3.90. The van der Waals surface area contributed by atoms with Crippen LogP contribution in [-0.2, 0) is 4.74 Å². The van der Waals surface area contributed by atoms with Crippen LogP contribution >= 0.6 is 0 Å². The zero-order valence-electron chi connectivity index (χ0n) is 21.6. The zero-order chi connectivity index (χ0) is 23.0. The summed E-state index contributed by atoms with van der Waals surface area (Å²) >= 11 is 0. The van der Waals surface area contributed by atoms with E-state index in [9.17, 15) is 0 Å². The maximum atomic E-state index is 6.48. The molecule has 0 bridgehead atoms. The van der Waals surface area contributed by atoms with Crippen LogP contribution in [0.4, 0.5) is 0 Å². The summed E-state index contributed by atoms with van der Waals surface area (Å²) in [5.74, 6) is 4.42. The largest absolute Gasteiger partial charge is 0.373 e. The molecule has 8 atom stereocenters. The number of aromatic nitrogens is 1. The second-order valence-electron chi connectivity index (χ2n) is 13.8. The average molecular weight is 448 g/mol. The molecular formula is C31H45NO. The van der Waals surface area contributed by atoms with E-state index in [-0.39, 0.29) is 5.60 Å². The standard InChI is InChI=1S/C31H45NO/c1-29(2,3)33-23-12-15-30(4)22(19-23)7-8-24-26-10-9-25(31(26,5)16-13-27(24)30)20-6-11-28-21(18-20)14-17-32-28/h6,11,14,17-18,22-27,32H,7-10,12-13,15-16,19H2,1-5H3/t22-,23-,24-,25+,26-,27-,30-,31+/m0/s1. The fourth-order valence-electron chi connectivity index (χ4n) is 9.66. The van der Waals surface area contributed by atoms with Gasteiger partial charge in [-0.15, -0.1) is 0 Å². The number of H-pyrrole nitrogens is 1. The van der Waals surface area contributed by atoms with Crippen molar-refractivity contribution < 1.29 is 4.74 Å². The molecule has 1 heterocycles. The Labute approximate surface area is 201 Å². The van der Waals surface area contributed by atoms with Crippen molar-refractivity contribution in [2.24, 2.45) is 34.5 Å². The van der Waals surface area contributed by atoms with E-state index in [1.54, 1.807) is 5.56 Å². The van der Waals surface area contributed by atoms with Crippen molar-refractivity contribution in [3.05, 3.63) is 36.0 Å². The summed E-state index contributed by atoms with van der Waals surface area (Å²) in [6.07, 6.45) is 15.2. The van der Waals surface area contributed by atoms with Gasteiger partial charge in [0.15, 0.2) is 0 Å². The number of fused-ring (bicyclic) bond motifs is 6. The minimum atomic E-state index is -0.00939. The third-order valence-electron chi connectivity index (χ3n) is 11.1. The Morgan fingerprint density at radius 2 is 1.67 bits per heavy atom. The number of hydrogen-bond donors (Lipinski definition) is 1. The van der Waals surface area contributed by atoms with E-state index in [1.165, 1.54) is 68.7 Å². The van der Waals surface area contributed by atoms with Gasteiger partial charge < -0.3 is 9.72 Å². The molecule has 4 fully saturated rings. The number of ether oxygens (including phenoxy) is 1. The van der Waals surface area contributed by atoms with Gasteiger partial charge in [-0.1, -0.05) is 19.9 Å². The summed E-state index contributed by atoms with van der Waals surface area (Å²) < 4.78 is 6.48. The van der Waals surface area contributed by atoms with Crippen LogP contribution in [0.1, 0.15) is 104 Å². The lowest BCUT2D eigenvalue weighted by Crippen LogP contribution is -2.54. The maximum absolute atomic E-state index is 6.48. The van der Waals surface area contributed by atoms with Gasteiger partial charge in [0.2, 0.25) is 0 Å². The first-order valence-electron chi connectivity index (χ1n) is 13.9. The molecule has 4 aliphatic rings. The van der Waals surface area contributed by atoms with Crippen molar-refractivity contribution in [1.82, 2.24) is 4.98 Å². The predicted octanol–water partition coefficient (Wildman–Crippen LogP) is 8.48. The lowest BCUT2D eigenvalue weighted by molar-refractivity contribution is -0.152. The molecule has 2 heteroatoms. The molecule has 0 radical (unpaired) electrons. The Morgan fingerprint density at radius 1 is 0.879 bits per heavy atom. The highest BCUT2D eigenvalue weighted by Gasteiger charge is 2.60. The Bertz CT molecular complexity index is 1020. The summed E-state index contributed by atoms with van der Waals surface area (Å²) in [6, 6.07) is 9.48. The van der Waals surface area contributed by atoms with Gasteiger partial charge in [0, 0.05) is 11.7 Å². The van der Waals surface area contributed by atoms with Crippen LogP contribution in [0, 0.1) is 34.5 Å². The summed E-state index contributed by atoms with van der Waals surface area (Å²) in [5, 5.41) is 1.38. The monoisotopic (exact) mass is 447 g/mol. The third kappa shape index (κ3) is 3.53. The van der Waals surface area contributed by atoms with E-state index in [0.717, 1.165) is 29.6 Å². The molecular weight excluding hydrogens is 402 g/mol. The van der Waals surface area contributed by atoms with E-state index >= 15 is 0 Å². The highest BCUT2D eigenvalue weighted by Crippen LogP contribution is 2.69. The van der Waals surface area contributed by atoms with Gasteiger partial charge in [0.25, 0.3) is 0 Å². The molecule has 4 aliphatic carbocycles. The minimum absolute atomic E-state index is 0.00939. The SMILES string of the molecule is CC(C)(C)O[C@H]1CC[C@@]2(C)[C@@H](CC[C@@H]3[C@@H]2CC[C@]2(C)[C@@H](c4ccc5[nH]ccc5c4)CC[C@@H]32)C1. The van der Waals surface area contributed by atoms with Crippen LogP contribution in [-0.4, -0.2) is 16.7 Å². The van der Waals surface area contributed by atoms with E-state index < -0.39 is 0 Å². The Balaban J connectivity index is 1.23. The number of rotatable bonds is 2. The van der Waals surface area contributed by atoms with Crippen molar-refractivity contribution in [2.75, 3.05) is 0 Å². The second-order valence-corrected chi connectivity index (χ2v) is 13.8. The molecule has 6 rings (SSSR count). The first kappa shape index (κ1) is 22.2. The summed E-state index contributed by atoms with van der Waals surface area (Å²) in [6.45, 7) is 12.0. The highest BCUT2D eigenvalue weighted by molar-refractivity contribution is 5.80. The minimum Gasteiger partial charge on any atom is -0.373 e. The van der Waals surface area contributed by atoms with Gasteiger partial charge in [-0.05, 0) is 148 Å². The molecule has 0 saturated heterocycles. The average Bonchev–Trinajstić information content (AvgIpc) is 3.36. The lowest BCUT2D eigenvalue weighted by atomic mass is 9.44. The third-order valence-corrected chi connectivity index (χ3v) is 11.1. The molecule has 4 saturated carbocycles. The second kappa shape index (κ2) is 7.61. The fourth-order valence-corrected chi connectivity index (χ4v) is 9.66. The lowest BCUT2D eigenvalue weighted by Gasteiger charge is -2.61. The van der Waals surface area contributed by atoms with Gasteiger partial charge in [-0.2, -0.15) is 0 Å². The van der Waals surface area contributed by atoms with Crippen LogP contribution in [0.15, 0.2) is 30.5 Å². The molecule has 0 amide bonds. The molecule has 0 spiro atoms. The molecule has 2 nitrogen and oxygen atoms in total. The van der Waals surface area contributed by atoms with Crippen molar-refractivity contribution >= 4 is 10.9 Å². The number of aromatic amines is 1. The van der Waals surface area contributed by atoms with Crippen molar-refractivity contribution in [1.29, 1.82) is 0 Å². The maximum Gasteiger partial charge on any atom is 0.0602 e. The van der Waals surface area contributed by atoms with E-state index in [1.807, 2.05) is 0 Å². The topological polar surface area (TPSA) is 25.0 Å². The Morgan fingerprint density at radius 3 is 2.48 bits per heavy atom. The fraction of sp³-hybridized carbons (Fsp3) is 0.742. The van der Waals surface area contributed by atoms with Crippen molar-refractivity contribution in [3.63, 3.8) is 0 Å². The van der Waals surface area contributed by atoms with Crippen molar-refractivity contribution in [3.8, 4) is 0 Å². The zero-order valence-corrected chi connectivity index (χ0v) is 21.6. The molecule has 180 valence electrons. The molecule has 1 aromatic heterocycles. The Hall–Kier alpha value is -1.28. The van der Waals surface area contributed by atoms with Crippen LogP contribution in [0.25, 0.3) is 10.9 Å². The predicted molar refractivity (Wildman–Crippen MR) is 137 cm³/mol. The normalized spacial score (nSPS) is 43.2. The summed E-state index contributed by atoms with van der Waals surface area (Å²) in [7, 11) is 0. The van der Waals surface area contributed by atoms with Gasteiger partial charge in [-0.3, -0.25) is 0 Å². The van der Waals surface area contributed by atoms with Crippen LogP contribution in [0.3, 0.4) is 0 Å². The van der Waals surface area contributed by atoms with Crippen LogP contribution in [0.5, 0.6) is 0 Å². The van der Waals surface area contributed by atoms with Crippen molar-refractivity contribution in [2.45, 2.75) is 110 Å². The van der Waals surface area contributed by atoms with E-state index in [0.29, 0.717) is 16.9 Å². The Kier molecular flexibility index (Phi) is 5.12. The van der Waals surface area contributed by atoms with Crippen LogP contribution in [0.2, 0.25) is 0 Å². The van der Waals surface area contributed by atoms with E-state index in [4.69, 9.17) is 4.74 Å². The number of nitrogens with one attached hydrogen (secondary N) is 1. The number of benzene rings is 1.